The van der Waals surface area contributed by atoms with Crippen molar-refractivity contribution in [2.24, 2.45) is 5.41 Å². The largest absolute Gasteiger partial charge is 0.312 e. The summed E-state index contributed by atoms with van der Waals surface area (Å²) in [6, 6.07) is 2.34. The van der Waals surface area contributed by atoms with Gasteiger partial charge in [0.15, 0.2) is 0 Å². The molecule has 0 amide bonds. The zero-order valence-corrected chi connectivity index (χ0v) is 12.1. The van der Waals surface area contributed by atoms with Crippen LogP contribution < -0.4 is 5.32 Å². The van der Waals surface area contributed by atoms with Crippen molar-refractivity contribution in [3.63, 3.8) is 0 Å². The highest BCUT2D eigenvalue weighted by atomic mass is 15.2. The van der Waals surface area contributed by atoms with Gasteiger partial charge in [-0.25, -0.2) is 0 Å². The smallest absolute Gasteiger partial charge is 0.0192 e. The summed E-state index contributed by atoms with van der Waals surface area (Å²) in [6.45, 7) is 8.37. The van der Waals surface area contributed by atoms with Gasteiger partial charge in [-0.15, -0.1) is 0 Å². The van der Waals surface area contributed by atoms with Crippen LogP contribution in [0.4, 0.5) is 0 Å². The Balaban J connectivity index is 1.72. The van der Waals surface area contributed by atoms with Gasteiger partial charge in [-0.05, 0) is 57.9 Å². The van der Waals surface area contributed by atoms with E-state index in [-0.39, 0.29) is 0 Å². The number of rotatable bonds is 5. The maximum Gasteiger partial charge on any atom is 0.0192 e. The minimum absolute atomic E-state index is 0.590. The summed E-state index contributed by atoms with van der Waals surface area (Å²) in [4.78, 5) is 2.62. The van der Waals surface area contributed by atoms with Crippen LogP contribution in [0.2, 0.25) is 0 Å². The Bertz CT molecular complexity index is 235. The number of nitrogens with zero attached hydrogens (tertiary/aromatic N) is 1. The molecule has 2 saturated carbocycles. The molecule has 2 rings (SSSR count). The van der Waals surface area contributed by atoms with Gasteiger partial charge >= 0.3 is 0 Å². The molecule has 0 radical (unpaired) electrons. The lowest BCUT2D eigenvalue weighted by molar-refractivity contribution is 0.0995. The molecule has 0 aromatic heterocycles. The maximum absolute atomic E-state index is 3.65. The van der Waals surface area contributed by atoms with Crippen LogP contribution in [0.5, 0.6) is 0 Å². The van der Waals surface area contributed by atoms with Crippen LogP contribution in [0.1, 0.15) is 59.3 Å². The fourth-order valence-corrected chi connectivity index (χ4v) is 2.92. The second-order valence-electron chi connectivity index (χ2n) is 7.09. The van der Waals surface area contributed by atoms with Crippen LogP contribution in [0.15, 0.2) is 0 Å². The number of hydrogen-bond acceptors (Lipinski definition) is 2. The Hall–Kier alpha value is -0.0800. The lowest BCUT2D eigenvalue weighted by Crippen LogP contribution is -2.46. The first-order valence-corrected chi connectivity index (χ1v) is 7.43. The molecule has 0 aliphatic heterocycles. The van der Waals surface area contributed by atoms with Gasteiger partial charge in [0, 0.05) is 24.7 Å². The fourth-order valence-electron chi connectivity index (χ4n) is 2.92. The van der Waals surface area contributed by atoms with Crippen molar-refractivity contribution in [3.05, 3.63) is 0 Å². The van der Waals surface area contributed by atoms with E-state index >= 15 is 0 Å². The fraction of sp³-hybridized carbons (Fsp3) is 1.00. The Morgan fingerprint density at radius 1 is 1.18 bits per heavy atom. The molecule has 0 spiro atoms. The topological polar surface area (TPSA) is 15.3 Å². The average molecular weight is 238 g/mol. The zero-order chi connectivity index (χ0) is 12.5. The van der Waals surface area contributed by atoms with Gasteiger partial charge in [-0.3, -0.25) is 4.90 Å². The van der Waals surface area contributed by atoms with Gasteiger partial charge in [0.2, 0.25) is 0 Å². The van der Waals surface area contributed by atoms with Gasteiger partial charge in [0.25, 0.3) is 0 Å². The molecule has 1 unspecified atom stereocenters. The predicted octanol–water partition coefficient (Wildman–Crippen LogP) is 3.03. The van der Waals surface area contributed by atoms with Crippen LogP contribution in [-0.2, 0) is 0 Å². The molecule has 1 atom stereocenters. The lowest BCUT2D eigenvalue weighted by Gasteiger charge is -2.41. The molecule has 17 heavy (non-hydrogen) atoms. The van der Waals surface area contributed by atoms with Crippen LogP contribution in [0.3, 0.4) is 0 Å². The van der Waals surface area contributed by atoms with E-state index < -0.39 is 0 Å². The summed E-state index contributed by atoms with van der Waals surface area (Å²) in [7, 11) is 2.32. The van der Waals surface area contributed by atoms with Gasteiger partial charge in [-0.1, -0.05) is 13.8 Å². The summed E-state index contributed by atoms with van der Waals surface area (Å²) < 4.78 is 0. The molecule has 2 aliphatic carbocycles. The molecule has 2 fully saturated rings. The third-order valence-corrected chi connectivity index (χ3v) is 4.86. The minimum Gasteiger partial charge on any atom is -0.312 e. The van der Waals surface area contributed by atoms with Crippen molar-refractivity contribution in [1.29, 1.82) is 0 Å². The van der Waals surface area contributed by atoms with Crippen molar-refractivity contribution in [3.8, 4) is 0 Å². The standard InChI is InChI=1S/C15H30N2/c1-12(11-16-13-5-6-13)17(4)14-7-9-15(2,3)10-8-14/h12-14,16H,5-11H2,1-4H3. The van der Waals surface area contributed by atoms with Crippen LogP contribution >= 0.6 is 0 Å². The van der Waals surface area contributed by atoms with Crippen LogP contribution in [0.25, 0.3) is 0 Å². The lowest BCUT2D eigenvalue weighted by atomic mass is 9.75. The monoisotopic (exact) mass is 238 g/mol. The third kappa shape index (κ3) is 3.96. The van der Waals surface area contributed by atoms with Crippen LogP contribution in [-0.4, -0.2) is 36.6 Å². The first kappa shape index (κ1) is 13.4. The SMILES string of the molecule is CC(CNC1CC1)N(C)C1CCC(C)(C)CC1. The molecule has 1 N–H and O–H groups in total. The second kappa shape index (κ2) is 5.27. The first-order valence-electron chi connectivity index (χ1n) is 7.43. The highest BCUT2D eigenvalue weighted by molar-refractivity contribution is 4.87. The summed E-state index contributed by atoms with van der Waals surface area (Å²) >= 11 is 0. The summed E-state index contributed by atoms with van der Waals surface area (Å²) in [5.41, 5.74) is 0.590. The molecule has 100 valence electrons. The molecule has 0 bridgehead atoms. The summed E-state index contributed by atoms with van der Waals surface area (Å²) in [6.07, 6.45) is 8.35. The van der Waals surface area contributed by atoms with Crippen molar-refractivity contribution < 1.29 is 0 Å². The van der Waals surface area contributed by atoms with Gasteiger partial charge < -0.3 is 5.32 Å². The third-order valence-electron chi connectivity index (χ3n) is 4.86. The molecule has 0 aromatic rings. The van der Waals surface area contributed by atoms with Gasteiger partial charge in [-0.2, -0.15) is 0 Å². The number of nitrogens with one attached hydrogen (secondary N) is 1. The molecule has 0 aromatic carbocycles. The zero-order valence-electron chi connectivity index (χ0n) is 12.1. The number of hydrogen-bond donors (Lipinski definition) is 1. The minimum atomic E-state index is 0.590. The molecule has 2 aliphatic rings. The van der Waals surface area contributed by atoms with E-state index in [2.05, 4.69) is 38.0 Å². The normalized spacial score (nSPS) is 27.4. The Kier molecular flexibility index (Phi) is 4.14. The second-order valence-corrected chi connectivity index (χ2v) is 7.09. The van der Waals surface area contributed by atoms with E-state index in [1.165, 1.54) is 45.1 Å². The Labute approximate surface area is 107 Å². The molecule has 0 heterocycles. The Morgan fingerprint density at radius 3 is 2.29 bits per heavy atom. The van der Waals surface area contributed by atoms with E-state index in [1.54, 1.807) is 0 Å². The summed E-state index contributed by atoms with van der Waals surface area (Å²) in [5, 5.41) is 3.65. The Morgan fingerprint density at radius 2 is 1.76 bits per heavy atom. The predicted molar refractivity (Wildman–Crippen MR) is 74.3 cm³/mol. The van der Waals surface area contributed by atoms with E-state index in [0.29, 0.717) is 11.5 Å². The highest BCUT2D eigenvalue weighted by Gasteiger charge is 2.30. The molecule has 2 nitrogen and oxygen atoms in total. The van der Waals surface area contributed by atoms with E-state index in [4.69, 9.17) is 0 Å². The van der Waals surface area contributed by atoms with E-state index in [9.17, 15) is 0 Å². The first-order chi connectivity index (χ1) is 7.98. The van der Waals surface area contributed by atoms with Crippen LogP contribution in [0, 0.1) is 5.41 Å². The molecule has 2 heteroatoms. The maximum atomic E-state index is 3.65. The average Bonchev–Trinajstić information content (AvgIpc) is 3.09. The molecular formula is C15H30N2. The summed E-state index contributed by atoms with van der Waals surface area (Å²) in [5.74, 6) is 0. The molecular weight excluding hydrogens is 208 g/mol. The highest BCUT2D eigenvalue weighted by Crippen LogP contribution is 2.36. The number of likely N-dealkylation sites (N-methyl/N-ethyl adjacent to an activating group) is 1. The van der Waals surface area contributed by atoms with Crippen molar-refractivity contribution >= 4 is 0 Å². The van der Waals surface area contributed by atoms with Crippen molar-refractivity contribution in [2.75, 3.05) is 13.6 Å². The molecule has 0 saturated heterocycles. The van der Waals surface area contributed by atoms with Gasteiger partial charge in [0.1, 0.15) is 0 Å². The quantitative estimate of drug-likeness (QED) is 0.792. The van der Waals surface area contributed by atoms with Crippen molar-refractivity contribution in [2.45, 2.75) is 77.4 Å². The van der Waals surface area contributed by atoms with E-state index in [0.717, 1.165) is 12.1 Å². The van der Waals surface area contributed by atoms with Crippen molar-refractivity contribution in [1.82, 2.24) is 10.2 Å². The van der Waals surface area contributed by atoms with E-state index in [1.807, 2.05) is 0 Å². The van der Waals surface area contributed by atoms with Gasteiger partial charge in [0.05, 0.1) is 0 Å².